The fourth-order valence-electron chi connectivity index (χ4n) is 2.40. The summed E-state index contributed by atoms with van der Waals surface area (Å²) in [6, 6.07) is 10.3. The largest absolute Gasteiger partial charge is 0.462 e. The third-order valence-corrected chi connectivity index (χ3v) is 4.85. The molecule has 3 rings (SSSR count). The molecule has 144 valence electrons. The van der Waals surface area contributed by atoms with Gasteiger partial charge in [0.15, 0.2) is 5.13 Å². The van der Waals surface area contributed by atoms with Crippen LogP contribution in [0.25, 0.3) is 10.2 Å². The molecule has 0 saturated heterocycles. The number of thiazole rings is 1. The molecule has 0 spiro atoms. The number of carbonyl (C=O) groups excluding carboxylic acids is 2. The molecule has 1 heterocycles. The number of nitro benzene ring substituents is 1. The lowest BCUT2D eigenvalue weighted by Gasteiger charge is -2.03. The van der Waals surface area contributed by atoms with Crippen LogP contribution in [0.5, 0.6) is 0 Å². The minimum Gasteiger partial charge on any atom is -0.462 e. The van der Waals surface area contributed by atoms with E-state index in [2.05, 4.69) is 10.3 Å². The number of amides is 1. The van der Waals surface area contributed by atoms with Crippen molar-refractivity contribution in [2.24, 2.45) is 0 Å². The van der Waals surface area contributed by atoms with Gasteiger partial charge in [-0.25, -0.2) is 9.78 Å². The number of hydrogen-bond donors (Lipinski definition) is 1. The normalized spacial score (nSPS) is 10.6. The maximum absolute atomic E-state index is 12.3. The number of anilines is 1. The zero-order valence-corrected chi connectivity index (χ0v) is 15.8. The third-order valence-electron chi connectivity index (χ3n) is 3.92. The maximum atomic E-state index is 12.3. The summed E-state index contributed by atoms with van der Waals surface area (Å²) in [6.45, 7) is 2.40. The predicted octanol–water partition coefficient (Wildman–Crippen LogP) is 4.41. The molecule has 0 aliphatic rings. The van der Waals surface area contributed by atoms with Gasteiger partial charge in [0.2, 0.25) is 0 Å². The monoisotopic (exact) mass is 399 g/mol. The van der Waals surface area contributed by atoms with E-state index in [1.807, 2.05) is 6.92 Å². The van der Waals surface area contributed by atoms with Crippen LogP contribution in [0, 0.1) is 10.1 Å². The summed E-state index contributed by atoms with van der Waals surface area (Å²) in [4.78, 5) is 38.8. The summed E-state index contributed by atoms with van der Waals surface area (Å²) in [5.41, 5.74) is 1.27. The van der Waals surface area contributed by atoms with Crippen molar-refractivity contribution in [3.05, 3.63) is 63.7 Å². The highest BCUT2D eigenvalue weighted by Crippen LogP contribution is 2.27. The zero-order valence-electron chi connectivity index (χ0n) is 15.0. The Morgan fingerprint density at radius 3 is 2.57 bits per heavy atom. The molecule has 9 heteroatoms. The summed E-state index contributed by atoms with van der Waals surface area (Å²) in [5, 5.41) is 13.7. The number of esters is 1. The smallest absolute Gasteiger partial charge is 0.338 e. The lowest BCUT2D eigenvalue weighted by Crippen LogP contribution is -2.11. The van der Waals surface area contributed by atoms with Crippen LogP contribution in [0.2, 0.25) is 0 Å². The molecule has 1 amide bonds. The van der Waals surface area contributed by atoms with Crippen molar-refractivity contribution in [3.63, 3.8) is 0 Å². The highest BCUT2D eigenvalue weighted by Gasteiger charge is 2.14. The summed E-state index contributed by atoms with van der Waals surface area (Å²) < 4.78 is 5.94. The fourth-order valence-corrected chi connectivity index (χ4v) is 3.30. The van der Waals surface area contributed by atoms with E-state index in [4.69, 9.17) is 4.74 Å². The van der Waals surface area contributed by atoms with Gasteiger partial charge >= 0.3 is 5.97 Å². The van der Waals surface area contributed by atoms with E-state index in [1.165, 1.54) is 35.6 Å². The second kappa shape index (κ2) is 8.57. The molecule has 0 aliphatic carbocycles. The molecule has 0 unspecified atom stereocenters. The van der Waals surface area contributed by atoms with Gasteiger partial charge in [0.25, 0.3) is 11.6 Å². The van der Waals surface area contributed by atoms with Crippen molar-refractivity contribution in [2.45, 2.75) is 19.8 Å². The number of ether oxygens (including phenoxy) is 1. The minimum atomic E-state index is -0.528. The molecule has 2 aromatic carbocycles. The van der Waals surface area contributed by atoms with Crippen LogP contribution in [0.1, 0.15) is 40.5 Å². The predicted molar refractivity (Wildman–Crippen MR) is 106 cm³/mol. The first-order chi connectivity index (χ1) is 13.5. The lowest BCUT2D eigenvalue weighted by molar-refractivity contribution is -0.384. The van der Waals surface area contributed by atoms with E-state index in [0.29, 0.717) is 22.8 Å². The molecular formula is C19H17N3O5S. The van der Waals surface area contributed by atoms with E-state index in [-0.39, 0.29) is 17.2 Å². The Morgan fingerprint density at radius 2 is 1.89 bits per heavy atom. The topological polar surface area (TPSA) is 111 Å². The van der Waals surface area contributed by atoms with Gasteiger partial charge in [-0.2, -0.15) is 0 Å². The molecule has 1 aromatic heterocycles. The molecular weight excluding hydrogens is 382 g/mol. The minimum absolute atomic E-state index is 0.0881. The maximum Gasteiger partial charge on any atom is 0.338 e. The van der Waals surface area contributed by atoms with Gasteiger partial charge < -0.3 is 4.74 Å². The molecule has 1 N–H and O–H groups in total. The number of nitrogens with zero attached hydrogens (tertiary/aromatic N) is 2. The molecule has 0 saturated carbocycles. The molecule has 0 radical (unpaired) electrons. The number of non-ortho nitro benzene ring substituents is 1. The first-order valence-corrected chi connectivity index (χ1v) is 9.43. The number of nitrogens with one attached hydrogen (secondary N) is 1. The Morgan fingerprint density at radius 1 is 1.18 bits per heavy atom. The molecule has 0 bridgehead atoms. The van der Waals surface area contributed by atoms with Crippen molar-refractivity contribution < 1.29 is 19.2 Å². The van der Waals surface area contributed by atoms with E-state index in [1.54, 1.807) is 18.2 Å². The second-order valence-corrected chi connectivity index (χ2v) is 6.98. The molecule has 0 aliphatic heterocycles. The number of carbonyl (C=O) groups is 2. The zero-order chi connectivity index (χ0) is 20.1. The van der Waals surface area contributed by atoms with Gasteiger partial charge in [-0.15, -0.1) is 0 Å². The van der Waals surface area contributed by atoms with Crippen LogP contribution in [0.4, 0.5) is 10.8 Å². The Balaban J connectivity index is 1.72. The van der Waals surface area contributed by atoms with Crippen LogP contribution < -0.4 is 5.32 Å². The Kier molecular flexibility index (Phi) is 5.95. The van der Waals surface area contributed by atoms with Crippen molar-refractivity contribution in [3.8, 4) is 0 Å². The number of benzene rings is 2. The molecule has 8 nitrogen and oxygen atoms in total. The van der Waals surface area contributed by atoms with Gasteiger partial charge in [-0.05, 0) is 36.8 Å². The number of rotatable bonds is 7. The average molecular weight is 399 g/mol. The number of hydrogen-bond acceptors (Lipinski definition) is 7. The summed E-state index contributed by atoms with van der Waals surface area (Å²) in [6.07, 6.45) is 1.76. The standard InChI is InChI=1S/C19H17N3O5S/c1-2-3-10-27-18(24)13-6-9-15-16(11-13)28-19(20-15)21-17(23)12-4-7-14(8-5-12)22(25)26/h4-9,11H,2-3,10H2,1H3,(H,20,21,23). The van der Waals surface area contributed by atoms with Crippen molar-refractivity contribution >= 4 is 44.2 Å². The summed E-state index contributed by atoms with van der Waals surface area (Å²) in [5.74, 6) is -0.812. The molecule has 3 aromatic rings. The first-order valence-electron chi connectivity index (χ1n) is 8.61. The van der Waals surface area contributed by atoms with Gasteiger partial charge in [0.05, 0.1) is 27.3 Å². The quantitative estimate of drug-likeness (QED) is 0.272. The van der Waals surface area contributed by atoms with Crippen molar-refractivity contribution in [2.75, 3.05) is 11.9 Å². The van der Waals surface area contributed by atoms with Gasteiger partial charge in [0, 0.05) is 17.7 Å². The number of fused-ring (bicyclic) bond motifs is 1. The third kappa shape index (κ3) is 4.49. The Hall–Kier alpha value is -3.33. The number of unbranched alkanes of at least 4 members (excludes halogenated alkanes) is 1. The lowest BCUT2D eigenvalue weighted by atomic mass is 10.2. The molecule has 0 fully saturated rings. The average Bonchev–Trinajstić information content (AvgIpc) is 3.09. The van der Waals surface area contributed by atoms with Crippen molar-refractivity contribution in [1.29, 1.82) is 0 Å². The fraction of sp³-hybridized carbons (Fsp3) is 0.211. The van der Waals surface area contributed by atoms with Crippen LogP contribution in [-0.4, -0.2) is 28.4 Å². The second-order valence-electron chi connectivity index (χ2n) is 5.95. The van der Waals surface area contributed by atoms with Crippen LogP contribution >= 0.6 is 11.3 Å². The van der Waals surface area contributed by atoms with E-state index >= 15 is 0 Å². The van der Waals surface area contributed by atoms with E-state index in [0.717, 1.165) is 17.5 Å². The van der Waals surface area contributed by atoms with Crippen molar-refractivity contribution in [1.82, 2.24) is 4.98 Å². The Labute approximate surface area is 164 Å². The van der Waals surface area contributed by atoms with Crippen LogP contribution in [0.15, 0.2) is 42.5 Å². The highest BCUT2D eigenvalue weighted by atomic mass is 32.1. The number of aromatic nitrogens is 1. The van der Waals surface area contributed by atoms with Crippen LogP contribution in [-0.2, 0) is 4.74 Å². The summed E-state index contributed by atoms with van der Waals surface area (Å²) in [7, 11) is 0. The van der Waals surface area contributed by atoms with Gasteiger partial charge in [-0.1, -0.05) is 24.7 Å². The Bertz CT molecular complexity index is 1030. The highest BCUT2D eigenvalue weighted by molar-refractivity contribution is 7.22. The van der Waals surface area contributed by atoms with E-state index in [9.17, 15) is 19.7 Å². The molecule has 28 heavy (non-hydrogen) atoms. The van der Waals surface area contributed by atoms with Crippen LogP contribution in [0.3, 0.4) is 0 Å². The summed E-state index contributed by atoms with van der Waals surface area (Å²) >= 11 is 1.23. The van der Waals surface area contributed by atoms with Gasteiger partial charge in [-0.3, -0.25) is 20.2 Å². The SMILES string of the molecule is CCCCOC(=O)c1ccc2nc(NC(=O)c3ccc([N+](=O)[O-])cc3)sc2c1. The van der Waals surface area contributed by atoms with E-state index < -0.39 is 10.8 Å². The van der Waals surface area contributed by atoms with Gasteiger partial charge in [0.1, 0.15) is 0 Å². The number of nitro groups is 1. The molecule has 0 atom stereocenters. The first kappa shape index (κ1) is 19.4.